The first-order valence-electron chi connectivity index (χ1n) is 12.9. The molecule has 0 saturated heterocycles. The fraction of sp³-hybridized carbons (Fsp3) is 0.345. The summed E-state index contributed by atoms with van der Waals surface area (Å²) in [6, 6.07) is 7.02. The molecule has 214 valence electrons. The van der Waals surface area contributed by atoms with Crippen molar-refractivity contribution in [2.24, 2.45) is 5.92 Å². The Balaban J connectivity index is 1.72. The number of aromatic amines is 1. The summed E-state index contributed by atoms with van der Waals surface area (Å²) in [6.07, 6.45) is 1.03. The van der Waals surface area contributed by atoms with Gasteiger partial charge in [-0.15, -0.1) is 0 Å². The molecule has 0 radical (unpaired) electrons. The third-order valence-corrected chi connectivity index (χ3v) is 5.97. The lowest BCUT2D eigenvalue weighted by Gasteiger charge is -2.19. The minimum absolute atomic E-state index is 0.0723. The molecule has 2 aromatic carbocycles. The van der Waals surface area contributed by atoms with Crippen molar-refractivity contribution in [1.82, 2.24) is 10.3 Å². The number of carbonyl (C=O) groups excluding carboxylic acids is 2. The zero-order valence-corrected chi connectivity index (χ0v) is 22.5. The number of pyridine rings is 1. The van der Waals surface area contributed by atoms with Crippen molar-refractivity contribution in [3.63, 3.8) is 0 Å². The highest BCUT2D eigenvalue weighted by molar-refractivity contribution is 6.12. The van der Waals surface area contributed by atoms with Crippen LogP contribution in [-0.4, -0.2) is 42.5 Å². The van der Waals surface area contributed by atoms with Gasteiger partial charge in [0, 0.05) is 17.7 Å². The van der Waals surface area contributed by atoms with Crippen molar-refractivity contribution in [3.8, 4) is 16.9 Å². The molecular formula is C29H32F3N3O5. The number of carbonyl (C=O) groups is 2. The zero-order valence-electron chi connectivity index (χ0n) is 22.5. The van der Waals surface area contributed by atoms with Crippen LogP contribution < -0.4 is 21.3 Å². The van der Waals surface area contributed by atoms with E-state index in [1.54, 1.807) is 6.92 Å². The van der Waals surface area contributed by atoms with Crippen LogP contribution in [0.4, 0.5) is 19.0 Å². The number of ketones is 1. The van der Waals surface area contributed by atoms with Crippen molar-refractivity contribution in [2.75, 3.05) is 25.5 Å². The van der Waals surface area contributed by atoms with E-state index < -0.39 is 46.0 Å². The van der Waals surface area contributed by atoms with Gasteiger partial charge in [0.15, 0.2) is 5.78 Å². The molecule has 0 unspecified atom stereocenters. The van der Waals surface area contributed by atoms with E-state index in [1.807, 2.05) is 13.8 Å². The number of aromatic nitrogens is 1. The Bertz CT molecular complexity index is 1380. The van der Waals surface area contributed by atoms with E-state index in [0.29, 0.717) is 19.4 Å². The molecule has 11 heteroatoms. The van der Waals surface area contributed by atoms with Crippen molar-refractivity contribution in [1.29, 1.82) is 0 Å². The zero-order chi connectivity index (χ0) is 29.4. The van der Waals surface area contributed by atoms with Gasteiger partial charge in [0.2, 0.25) is 0 Å². The molecule has 3 rings (SSSR count). The van der Waals surface area contributed by atoms with Crippen molar-refractivity contribution >= 4 is 17.6 Å². The van der Waals surface area contributed by atoms with Crippen LogP contribution in [0.5, 0.6) is 5.75 Å². The summed E-state index contributed by atoms with van der Waals surface area (Å²) >= 11 is 0. The van der Waals surface area contributed by atoms with Crippen LogP contribution in [0.1, 0.15) is 49.5 Å². The average molecular weight is 560 g/mol. The minimum Gasteiger partial charge on any atom is -0.493 e. The molecule has 1 aromatic heterocycles. The summed E-state index contributed by atoms with van der Waals surface area (Å²) in [5, 5.41) is 3.12. The Morgan fingerprint density at radius 1 is 1.05 bits per heavy atom. The van der Waals surface area contributed by atoms with Gasteiger partial charge in [-0.3, -0.25) is 14.4 Å². The highest BCUT2D eigenvalue weighted by atomic mass is 19.1. The Morgan fingerprint density at radius 2 is 1.70 bits per heavy atom. The van der Waals surface area contributed by atoms with E-state index in [-0.39, 0.29) is 47.8 Å². The summed E-state index contributed by atoms with van der Waals surface area (Å²) in [6.45, 7) is 6.50. The fourth-order valence-electron chi connectivity index (χ4n) is 4.08. The summed E-state index contributed by atoms with van der Waals surface area (Å²) in [5.74, 6) is -3.84. The van der Waals surface area contributed by atoms with E-state index in [4.69, 9.17) is 15.2 Å². The predicted molar refractivity (Wildman–Crippen MR) is 145 cm³/mol. The quantitative estimate of drug-likeness (QED) is 0.159. The number of nitrogens with one attached hydrogen (secondary N) is 2. The van der Waals surface area contributed by atoms with Gasteiger partial charge in [0.25, 0.3) is 5.56 Å². The number of anilines is 1. The van der Waals surface area contributed by atoms with E-state index >= 15 is 8.78 Å². The predicted octanol–water partition coefficient (Wildman–Crippen LogP) is 4.61. The maximum Gasteiger partial charge on any atom is 0.323 e. The molecule has 0 spiro atoms. The number of ether oxygens (including phenoxy) is 2. The van der Waals surface area contributed by atoms with Gasteiger partial charge in [0.1, 0.15) is 35.1 Å². The topological polar surface area (TPSA) is 124 Å². The molecule has 0 aliphatic carbocycles. The first-order valence-corrected chi connectivity index (χ1v) is 12.9. The lowest BCUT2D eigenvalue weighted by atomic mass is 9.99. The average Bonchev–Trinajstić information content (AvgIpc) is 2.88. The molecule has 40 heavy (non-hydrogen) atoms. The molecule has 1 heterocycles. The van der Waals surface area contributed by atoms with Crippen molar-refractivity contribution in [2.45, 2.75) is 39.7 Å². The maximum absolute atomic E-state index is 15.0. The molecule has 3 aromatic rings. The molecule has 4 N–H and O–H groups in total. The first kappa shape index (κ1) is 30.4. The van der Waals surface area contributed by atoms with E-state index in [9.17, 15) is 18.8 Å². The molecule has 0 aliphatic rings. The second-order valence-electron chi connectivity index (χ2n) is 9.53. The molecule has 0 bridgehead atoms. The smallest absolute Gasteiger partial charge is 0.323 e. The van der Waals surface area contributed by atoms with Gasteiger partial charge in [-0.25, -0.2) is 13.2 Å². The Kier molecular flexibility index (Phi) is 10.5. The Morgan fingerprint density at radius 3 is 2.30 bits per heavy atom. The van der Waals surface area contributed by atoms with Gasteiger partial charge in [-0.1, -0.05) is 13.8 Å². The molecular weight excluding hydrogens is 527 g/mol. The molecule has 0 aliphatic heterocycles. The standard InChI is InChI=1S/C29H32F3N3O5/c1-4-39-29(38)24(12-16(2)3)34-10-5-11-40-19-13-22(31)25(23(32)14-19)20-15-21(27(33)35-28(20)37)26(36)17-6-8-18(30)9-7-17/h6-9,13-16,24,34H,4-5,10-12H2,1-3H3,(H3,33,35,37)/t24-/m0/s1. The van der Waals surface area contributed by atoms with Gasteiger partial charge < -0.3 is 25.5 Å². The van der Waals surface area contributed by atoms with Crippen LogP contribution in [0.25, 0.3) is 11.1 Å². The largest absolute Gasteiger partial charge is 0.493 e. The monoisotopic (exact) mass is 559 g/mol. The number of nitrogens with two attached hydrogens (primary N) is 1. The number of benzene rings is 2. The maximum atomic E-state index is 15.0. The summed E-state index contributed by atoms with van der Waals surface area (Å²) < 4.78 is 53.9. The normalized spacial score (nSPS) is 11.9. The molecule has 0 amide bonds. The summed E-state index contributed by atoms with van der Waals surface area (Å²) in [4.78, 5) is 39.8. The van der Waals surface area contributed by atoms with Gasteiger partial charge in [-0.2, -0.15) is 0 Å². The third-order valence-electron chi connectivity index (χ3n) is 5.97. The lowest BCUT2D eigenvalue weighted by Crippen LogP contribution is -2.40. The van der Waals surface area contributed by atoms with Crippen LogP contribution in [0.2, 0.25) is 0 Å². The third kappa shape index (κ3) is 7.72. The molecule has 0 fully saturated rings. The Hall–Kier alpha value is -4.12. The second-order valence-corrected chi connectivity index (χ2v) is 9.53. The number of halogens is 3. The van der Waals surface area contributed by atoms with Crippen LogP contribution in [-0.2, 0) is 9.53 Å². The van der Waals surface area contributed by atoms with Gasteiger partial charge in [0.05, 0.1) is 29.9 Å². The fourth-order valence-corrected chi connectivity index (χ4v) is 4.08. The van der Waals surface area contributed by atoms with Gasteiger partial charge >= 0.3 is 5.97 Å². The summed E-state index contributed by atoms with van der Waals surface area (Å²) in [7, 11) is 0. The van der Waals surface area contributed by atoms with E-state index in [0.717, 1.165) is 30.3 Å². The highest BCUT2D eigenvalue weighted by Gasteiger charge is 2.22. The number of esters is 1. The first-order chi connectivity index (χ1) is 19.0. The number of hydrogen-bond donors (Lipinski definition) is 3. The number of rotatable bonds is 13. The van der Waals surface area contributed by atoms with E-state index in [2.05, 4.69) is 10.3 Å². The Labute approximate surface area is 229 Å². The van der Waals surface area contributed by atoms with Crippen LogP contribution in [0.15, 0.2) is 47.3 Å². The van der Waals surface area contributed by atoms with Crippen LogP contribution in [0.3, 0.4) is 0 Å². The SMILES string of the molecule is CCOC(=O)[C@H](CC(C)C)NCCCOc1cc(F)c(-c2cc(C(=O)c3ccc(F)cc3)c(N)[nH]c2=O)c(F)c1. The lowest BCUT2D eigenvalue weighted by molar-refractivity contribution is -0.146. The number of nitrogen functional groups attached to an aromatic ring is 1. The van der Waals surface area contributed by atoms with Gasteiger partial charge in [-0.05, 0) is 62.6 Å². The highest BCUT2D eigenvalue weighted by Crippen LogP contribution is 2.29. The summed E-state index contributed by atoms with van der Waals surface area (Å²) in [5.41, 5.74) is 3.67. The number of hydrogen-bond acceptors (Lipinski definition) is 7. The van der Waals surface area contributed by atoms with Crippen LogP contribution >= 0.6 is 0 Å². The number of H-pyrrole nitrogens is 1. The van der Waals surface area contributed by atoms with Crippen molar-refractivity contribution < 1.29 is 32.2 Å². The molecule has 1 atom stereocenters. The van der Waals surface area contributed by atoms with Crippen LogP contribution in [0, 0.1) is 23.4 Å². The molecule has 0 saturated carbocycles. The second kappa shape index (κ2) is 13.8. The minimum atomic E-state index is -1.08. The van der Waals surface area contributed by atoms with Crippen molar-refractivity contribution in [3.05, 3.63) is 81.4 Å². The van der Waals surface area contributed by atoms with E-state index in [1.165, 1.54) is 12.1 Å². The molecule has 8 nitrogen and oxygen atoms in total.